The van der Waals surface area contributed by atoms with Gasteiger partial charge in [0.1, 0.15) is 12.4 Å². The number of imidazole rings is 1. The predicted molar refractivity (Wildman–Crippen MR) is 92.6 cm³/mol. The number of rotatable bonds is 5. The lowest BCUT2D eigenvalue weighted by atomic mass is 10.1. The monoisotopic (exact) mass is 327 g/mol. The third kappa shape index (κ3) is 3.71. The van der Waals surface area contributed by atoms with Crippen molar-refractivity contribution in [1.82, 2.24) is 14.9 Å². The number of benzene rings is 2. The van der Waals surface area contributed by atoms with Crippen LogP contribution in [0.2, 0.25) is 5.02 Å². The Balaban J connectivity index is 1.58. The molecule has 118 valence electrons. The second kappa shape index (κ2) is 6.84. The first kappa shape index (κ1) is 15.6. The largest absolute Gasteiger partial charge is 0.354 e. The molecule has 2 aromatic carbocycles. The van der Waals surface area contributed by atoms with Gasteiger partial charge in [-0.3, -0.25) is 4.79 Å². The Morgan fingerprint density at radius 1 is 1.17 bits per heavy atom. The van der Waals surface area contributed by atoms with E-state index in [1.54, 1.807) is 0 Å². The molecule has 0 saturated carbocycles. The molecule has 0 radical (unpaired) electrons. The highest BCUT2D eigenvalue weighted by atomic mass is 35.5. The van der Waals surface area contributed by atoms with E-state index in [9.17, 15) is 4.79 Å². The van der Waals surface area contributed by atoms with E-state index in [1.807, 2.05) is 60.0 Å². The number of carbonyl (C=O) groups is 1. The number of nitrogens with one attached hydrogen (secondary N) is 1. The molecule has 1 N–H and O–H groups in total. The zero-order valence-corrected chi connectivity index (χ0v) is 13.7. The van der Waals surface area contributed by atoms with Crippen molar-refractivity contribution < 1.29 is 4.79 Å². The maximum atomic E-state index is 12.2. The average Bonchev–Trinajstić information content (AvgIpc) is 2.85. The first-order valence-electron chi connectivity index (χ1n) is 7.56. The summed E-state index contributed by atoms with van der Waals surface area (Å²) in [5.41, 5.74) is 3.05. The number of aryl methyl sites for hydroxylation is 1. The SMILES string of the molecule is Cc1nc2ccccc2n1CC(=O)NCCc1ccc(Cl)cc1. The summed E-state index contributed by atoms with van der Waals surface area (Å²) in [6, 6.07) is 15.5. The number of hydrogen-bond acceptors (Lipinski definition) is 2. The van der Waals surface area contributed by atoms with Crippen LogP contribution in [-0.2, 0) is 17.8 Å². The van der Waals surface area contributed by atoms with Crippen LogP contribution in [0.25, 0.3) is 11.0 Å². The molecule has 0 atom stereocenters. The highest BCUT2D eigenvalue weighted by molar-refractivity contribution is 6.30. The molecule has 4 nitrogen and oxygen atoms in total. The van der Waals surface area contributed by atoms with E-state index >= 15 is 0 Å². The Labute approximate surface area is 140 Å². The molecule has 0 unspecified atom stereocenters. The highest BCUT2D eigenvalue weighted by Crippen LogP contribution is 2.15. The fourth-order valence-electron chi connectivity index (χ4n) is 2.59. The molecule has 0 aliphatic carbocycles. The van der Waals surface area contributed by atoms with Crippen LogP contribution in [0, 0.1) is 6.92 Å². The number of para-hydroxylation sites is 2. The molecular formula is C18H18ClN3O. The summed E-state index contributed by atoms with van der Waals surface area (Å²) in [5.74, 6) is 0.837. The normalized spacial score (nSPS) is 10.9. The molecule has 1 heterocycles. The van der Waals surface area contributed by atoms with Crippen LogP contribution < -0.4 is 5.32 Å². The van der Waals surface area contributed by atoms with Gasteiger partial charge in [0, 0.05) is 11.6 Å². The van der Waals surface area contributed by atoms with E-state index in [0.29, 0.717) is 6.54 Å². The van der Waals surface area contributed by atoms with Gasteiger partial charge in [-0.1, -0.05) is 35.9 Å². The minimum atomic E-state index is -0.00906. The van der Waals surface area contributed by atoms with Gasteiger partial charge in [0.05, 0.1) is 11.0 Å². The molecule has 0 saturated heterocycles. The lowest BCUT2D eigenvalue weighted by Gasteiger charge is -2.08. The Morgan fingerprint density at radius 2 is 1.91 bits per heavy atom. The van der Waals surface area contributed by atoms with Gasteiger partial charge in [-0.05, 0) is 43.2 Å². The standard InChI is InChI=1S/C18H18ClN3O/c1-13-21-16-4-2-3-5-17(16)22(13)12-18(23)20-11-10-14-6-8-15(19)9-7-14/h2-9H,10-12H2,1H3,(H,20,23). The average molecular weight is 328 g/mol. The van der Waals surface area contributed by atoms with Crippen LogP contribution in [0.5, 0.6) is 0 Å². The number of amides is 1. The van der Waals surface area contributed by atoms with Gasteiger partial charge in [-0.25, -0.2) is 4.98 Å². The molecule has 0 aliphatic rings. The van der Waals surface area contributed by atoms with E-state index < -0.39 is 0 Å². The number of hydrogen-bond donors (Lipinski definition) is 1. The molecule has 0 bridgehead atoms. The summed E-state index contributed by atoms with van der Waals surface area (Å²) in [4.78, 5) is 16.6. The lowest BCUT2D eigenvalue weighted by Crippen LogP contribution is -2.29. The number of aromatic nitrogens is 2. The van der Waals surface area contributed by atoms with Gasteiger partial charge in [0.2, 0.25) is 5.91 Å². The van der Waals surface area contributed by atoms with Crippen LogP contribution in [-0.4, -0.2) is 22.0 Å². The summed E-state index contributed by atoms with van der Waals surface area (Å²) in [6.07, 6.45) is 0.784. The molecule has 23 heavy (non-hydrogen) atoms. The minimum Gasteiger partial charge on any atom is -0.354 e. The van der Waals surface area contributed by atoms with Gasteiger partial charge in [-0.2, -0.15) is 0 Å². The van der Waals surface area contributed by atoms with Crippen molar-refractivity contribution in [3.05, 3.63) is 64.9 Å². The van der Waals surface area contributed by atoms with E-state index in [-0.39, 0.29) is 12.5 Å². The van der Waals surface area contributed by atoms with E-state index in [0.717, 1.165) is 33.9 Å². The maximum Gasteiger partial charge on any atom is 0.240 e. The summed E-state index contributed by atoms with van der Waals surface area (Å²) in [6.45, 7) is 2.81. The van der Waals surface area contributed by atoms with Crippen molar-refractivity contribution in [2.75, 3.05) is 6.54 Å². The summed E-state index contributed by atoms with van der Waals surface area (Å²) in [7, 11) is 0. The zero-order chi connectivity index (χ0) is 16.2. The van der Waals surface area contributed by atoms with E-state index in [4.69, 9.17) is 11.6 Å². The van der Waals surface area contributed by atoms with Gasteiger partial charge in [-0.15, -0.1) is 0 Å². The smallest absolute Gasteiger partial charge is 0.240 e. The number of carbonyl (C=O) groups excluding carboxylic acids is 1. The summed E-state index contributed by atoms with van der Waals surface area (Å²) in [5, 5.41) is 3.68. The maximum absolute atomic E-state index is 12.2. The van der Waals surface area contributed by atoms with Crippen LogP contribution >= 0.6 is 11.6 Å². The molecule has 5 heteroatoms. The van der Waals surface area contributed by atoms with Crippen LogP contribution in [0.15, 0.2) is 48.5 Å². The van der Waals surface area contributed by atoms with Crippen molar-refractivity contribution in [1.29, 1.82) is 0 Å². The molecule has 1 amide bonds. The minimum absolute atomic E-state index is 0.00906. The van der Waals surface area contributed by atoms with Gasteiger partial charge < -0.3 is 9.88 Å². The first-order valence-corrected chi connectivity index (χ1v) is 7.94. The first-order chi connectivity index (χ1) is 11.1. The van der Waals surface area contributed by atoms with Crippen molar-refractivity contribution in [3.63, 3.8) is 0 Å². The third-order valence-electron chi connectivity index (χ3n) is 3.80. The topological polar surface area (TPSA) is 46.9 Å². The molecule has 1 aromatic heterocycles. The van der Waals surface area contributed by atoms with Crippen LogP contribution in [0.4, 0.5) is 0 Å². The van der Waals surface area contributed by atoms with Crippen LogP contribution in [0.1, 0.15) is 11.4 Å². The Morgan fingerprint density at radius 3 is 2.70 bits per heavy atom. The zero-order valence-electron chi connectivity index (χ0n) is 12.9. The molecule has 0 spiro atoms. The van der Waals surface area contributed by atoms with E-state index in [1.165, 1.54) is 0 Å². The summed E-state index contributed by atoms with van der Waals surface area (Å²) >= 11 is 5.86. The molecule has 3 rings (SSSR count). The summed E-state index contributed by atoms with van der Waals surface area (Å²) < 4.78 is 1.94. The van der Waals surface area contributed by atoms with Gasteiger partial charge >= 0.3 is 0 Å². The molecule has 0 aliphatic heterocycles. The number of halogens is 1. The second-order valence-electron chi connectivity index (χ2n) is 5.46. The highest BCUT2D eigenvalue weighted by Gasteiger charge is 2.10. The van der Waals surface area contributed by atoms with E-state index in [2.05, 4.69) is 10.3 Å². The Bertz CT molecular complexity index is 824. The predicted octanol–water partition coefficient (Wildman–Crippen LogP) is 3.36. The fourth-order valence-corrected chi connectivity index (χ4v) is 2.72. The van der Waals surface area contributed by atoms with Crippen molar-refractivity contribution >= 4 is 28.5 Å². The molecular weight excluding hydrogens is 310 g/mol. The van der Waals surface area contributed by atoms with Crippen molar-refractivity contribution in [2.24, 2.45) is 0 Å². The Kier molecular flexibility index (Phi) is 4.63. The fraction of sp³-hybridized carbons (Fsp3) is 0.222. The third-order valence-corrected chi connectivity index (χ3v) is 4.05. The lowest BCUT2D eigenvalue weighted by molar-refractivity contribution is -0.121. The quantitative estimate of drug-likeness (QED) is 0.781. The van der Waals surface area contributed by atoms with Gasteiger partial charge in [0.15, 0.2) is 0 Å². The number of nitrogens with zero attached hydrogens (tertiary/aromatic N) is 2. The molecule has 3 aromatic rings. The van der Waals surface area contributed by atoms with Crippen LogP contribution in [0.3, 0.4) is 0 Å². The molecule has 0 fully saturated rings. The van der Waals surface area contributed by atoms with Crippen molar-refractivity contribution in [2.45, 2.75) is 19.9 Å². The van der Waals surface area contributed by atoms with Crippen molar-refractivity contribution in [3.8, 4) is 0 Å². The number of fused-ring (bicyclic) bond motifs is 1. The van der Waals surface area contributed by atoms with Gasteiger partial charge in [0.25, 0.3) is 0 Å². The Hall–Kier alpha value is -2.33. The second-order valence-corrected chi connectivity index (χ2v) is 5.90.